The van der Waals surface area contributed by atoms with Crippen molar-refractivity contribution in [2.75, 3.05) is 5.32 Å². The van der Waals surface area contributed by atoms with Gasteiger partial charge in [-0.15, -0.1) is 11.3 Å². The van der Waals surface area contributed by atoms with E-state index in [1.807, 2.05) is 26.0 Å². The number of carbonyl (C=O) groups is 1. The Morgan fingerprint density at radius 3 is 2.64 bits per heavy atom. The van der Waals surface area contributed by atoms with Gasteiger partial charge in [-0.3, -0.25) is 10.1 Å². The highest BCUT2D eigenvalue weighted by molar-refractivity contribution is 7.14. The summed E-state index contributed by atoms with van der Waals surface area (Å²) in [4.78, 5) is 12.4. The smallest absolute Gasteiger partial charge is 0.241 e. The number of thiophene rings is 1. The first kappa shape index (κ1) is 17.2. The van der Waals surface area contributed by atoms with E-state index in [0.717, 1.165) is 5.56 Å². The van der Waals surface area contributed by atoms with Crippen molar-refractivity contribution in [3.05, 3.63) is 65.0 Å². The summed E-state index contributed by atoms with van der Waals surface area (Å²) in [6.07, 6.45) is 0. The Kier molecular flexibility index (Phi) is 5.13. The van der Waals surface area contributed by atoms with Gasteiger partial charge in [-0.2, -0.15) is 5.26 Å². The molecular formula is C20H19N3OS. The van der Waals surface area contributed by atoms with Crippen molar-refractivity contribution in [3.63, 3.8) is 0 Å². The summed E-state index contributed by atoms with van der Waals surface area (Å²) in [5.74, 6) is -0.147. The van der Waals surface area contributed by atoms with Crippen LogP contribution < -0.4 is 10.6 Å². The quantitative estimate of drug-likeness (QED) is 0.715. The van der Waals surface area contributed by atoms with Gasteiger partial charge in [0.2, 0.25) is 5.91 Å². The van der Waals surface area contributed by atoms with Gasteiger partial charge in [-0.05, 0) is 47.7 Å². The summed E-state index contributed by atoms with van der Waals surface area (Å²) in [7, 11) is 0. The average Bonchev–Trinajstić information content (AvgIpc) is 3.08. The van der Waals surface area contributed by atoms with E-state index in [1.165, 1.54) is 22.1 Å². The second kappa shape index (κ2) is 7.47. The van der Waals surface area contributed by atoms with Gasteiger partial charge in [-0.25, -0.2) is 0 Å². The summed E-state index contributed by atoms with van der Waals surface area (Å²) in [6.45, 7) is 3.87. The molecule has 4 nitrogen and oxygen atoms in total. The number of anilines is 1. The van der Waals surface area contributed by atoms with E-state index in [9.17, 15) is 4.79 Å². The molecule has 126 valence electrons. The maximum Gasteiger partial charge on any atom is 0.241 e. The van der Waals surface area contributed by atoms with Crippen LogP contribution in [0, 0.1) is 11.3 Å². The van der Waals surface area contributed by atoms with Crippen LogP contribution in [0.25, 0.3) is 10.8 Å². The predicted octanol–water partition coefficient (Wildman–Crippen LogP) is 4.45. The van der Waals surface area contributed by atoms with Gasteiger partial charge in [-0.1, -0.05) is 36.4 Å². The van der Waals surface area contributed by atoms with E-state index in [0.29, 0.717) is 10.6 Å². The maximum absolute atomic E-state index is 12.4. The van der Waals surface area contributed by atoms with E-state index in [-0.39, 0.29) is 18.0 Å². The number of rotatable bonds is 5. The lowest BCUT2D eigenvalue weighted by Gasteiger charge is -2.20. The molecule has 1 aromatic heterocycles. The fraction of sp³-hybridized carbons (Fsp3) is 0.200. The minimum Gasteiger partial charge on any atom is -0.315 e. The molecular weight excluding hydrogens is 330 g/mol. The fourth-order valence-electron chi connectivity index (χ4n) is 2.74. The van der Waals surface area contributed by atoms with Crippen LogP contribution in [-0.4, -0.2) is 11.9 Å². The van der Waals surface area contributed by atoms with Crippen LogP contribution in [-0.2, 0) is 4.79 Å². The summed E-state index contributed by atoms with van der Waals surface area (Å²) < 4.78 is 0. The Labute approximate surface area is 151 Å². The Hall–Kier alpha value is -2.68. The zero-order chi connectivity index (χ0) is 17.8. The van der Waals surface area contributed by atoms with Crippen LogP contribution in [0.3, 0.4) is 0 Å². The molecule has 0 bridgehead atoms. The number of fused-ring (bicyclic) bond motifs is 1. The molecule has 1 amide bonds. The Morgan fingerprint density at radius 1 is 1.12 bits per heavy atom. The summed E-state index contributed by atoms with van der Waals surface area (Å²) in [6, 6.07) is 18.0. The summed E-state index contributed by atoms with van der Waals surface area (Å²) >= 11 is 1.35. The SMILES string of the molecule is C[C@@H](N[C@H](C)c1ccc2ccccc2c1)C(=O)Nc1sccc1C#N. The molecule has 0 aliphatic rings. The number of nitriles is 1. The van der Waals surface area contributed by atoms with Crippen molar-refractivity contribution >= 4 is 33.0 Å². The fourth-order valence-corrected chi connectivity index (χ4v) is 3.48. The molecule has 0 fully saturated rings. The van der Waals surface area contributed by atoms with E-state index < -0.39 is 0 Å². The van der Waals surface area contributed by atoms with E-state index in [1.54, 1.807) is 11.4 Å². The maximum atomic E-state index is 12.4. The minimum absolute atomic E-state index is 0.0316. The number of benzene rings is 2. The van der Waals surface area contributed by atoms with Gasteiger partial charge in [0.15, 0.2) is 0 Å². The lowest BCUT2D eigenvalue weighted by atomic mass is 10.0. The second-order valence-electron chi connectivity index (χ2n) is 5.98. The standard InChI is InChI=1S/C20H19N3OS/c1-13(16-8-7-15-5-3-4-6-17(15)11-16)22-14(2)19(24)23-20-18(12-21)9-10-25-20/h3-11,13-14,22H,1-2H3,(H,23,24)/t13-,14-/m1/s1. The molecule has 0 saturated carbocycles. The van der Waals surface area contributed by atoms with E-state index >= 15 is 0 Å². The third-order valence-corrected chi connectivity index (χ3v) is 5.02. The van der Waals surface area contributed by atoms with Crippen LogP contribution >= 0.6 is 11.3 Å². The average molecular weight is 349 g/mol. The number of carbonyl (C=O) groups excluding carboxylic acids is 1. The normalized spacial score (nSPS) is 13.2. The molecule has 0 spiro atoms. The second-order valence-corrected chi connectivity index (χ2v) is 6.90. The van der Waals surface area contributed by atoms with Gasteiger partial charge in [0.1, 0.15) is 11.1 Å². The molecule has 0 unspecified atom stereocenters. The van der Waals surface area contributed by atoms with Crippen molar-refractivity contribution in [1.82, 2.24) is 5.32 Å². The lowest BCUT2D eigenvalue weighted by molar-refractivity contribution is -0.117. The van der Waals surface area contributed by atoms with Gasteiger partial charge >= 0.3 is 0 Å². The number of amides is 1. The molecule has 5 heteroatoms. The topological polar surface area (TPSA) is 64.9 Å². The number of hydrogen-bond donors (Lipinski definition) is 2. The van der Waals surface area contributed by atoms with Crippen LogP contribution in [0.4, 0.5) is 5.00 Å². The predicted molar refractivity (Wildman–Crippen MR) is 103 cm³/mol. The molecule has 25 heavy (non-hydrogen) atoms. The molecule has 0 saturated heterocycles. The molecule has 0 aliphatic heterocycles. The zero-order valence-electron chi connectivity index (χ0n) is 14.1. The van der Waals surface area contributed by atoms with Gasteiger partial charge in [0.25, 0.3) is 0 Å². The van der Waals surface area contributed by atoms with Crippen LogP contribution in [0.15, 0.2) is 53.9 Å². The summed E-state index contributed by atoms with van der Waals surface area (Å²) in [5, 5.41) is 19.9. The van der Waals surface area contributed by atoms with Crippen LogP contribution in [0.2, 0.25) is 0 Å². The first-order valence-corrected chi connectivity index (χ1v) is 8.99. The molecule has 2 atom stereocenters. The molecule has 3 rings (SSSR count). The molecule has 0 radical (unpaired) electrons. The highest BCUT2D eigenvalue weighted by atomic mass is 32.1. The highest BCUT2D eigenvalue weighted by Gasteiger charge is 2.18. The highest BCUT2D eigenvalue weighted by Crippen LogP contribution is 2.23. The molecule has 0 aliphatic carbocycles. The minimum atomic E-state index is -0.380. The van der Waals surface area contributed by atoms with Crippen molar-refractivity contribution in [3.8, 4) is 6.07 Å². The Bertz CT molecular complexity index is 941. The van der Waals surface area contributed by atoms with Gasteiger partial charge in [0.05, 0.1) is 11.6 Å². The van der Waals surface area contributed by atoms with E-state index in [4.69, 9.17) is 5.26 Å². The number of nitrogens with one attached hydrogen (secondary N) is 2. The zero-order valence-corrected chi connectivity index (χ0v) is 14.9. The molecule has 3 aromatic rings. The van der Waals surface area contributed by atoms with Crippen molar-refractivity contribution in [2.24, 2.45) is 0 Å². The first-order chi connectivity index (χ1) is 12.1. The van der Waals surface area contributed by atoms with Crippen molar-refractivity contribution in [2.45, 2.75) is 25.9 Å². The van der Waals surface area contributed by atoms with Crippen molar-refractivity contribution in [1.29, 1.82) is 5.26 Å². The third kappa shape index (κ3) is 3.87. The Balaban J connectivity index is 1.67. The van der Waals surface area contributed by atoms with E-state index in [2.05, 4.69) is 47.0 Å². The van der Waals surface area contributed by atoms with Crippen molar-refractivity contribution < 1.29 is 4.79 Å². The third-order valence-electron chi connectivity index (χ3n) is 4.19. The molecule has 1 heterocycles. The summed E-state index contributed by atoms with van der Waals surface area (Å²) in [5.41, 5.74) is 1.63. The largest absolute Gasteiger partial charge is 0.315 e. The van der Waals surface area contributed by atoms with Crippen LogP contribution in [0.1, 0.15) is 31.0 Å². The van der Waals surface area contributed by atoms with Crippen LogP contribution in [0.5, 0.6) is 0 Å². The monoisotopic (exact) mass is 349 g/mol. The van der Waals surface area contributed by atoms with Gasteiger partial charge in [0, 0.05) is 6.04 Å². The molecule has 2 aromatic carbocycles. The molecule has 2 N–H and O–H groups in total. The number of nitrogens with zero attached hydrogens (tertiary/aromatic N) is 1. The van der Waals surface area contributed by atoms with Gasteiger partial charge < -0.3 is 5.32 Å². The first-order valence-electron chi connectivity index (χ1n) is 8.11. The lowest BCUT2D eigenvalue weighted by Crippen LogP contribution is -2.39. The Morgan fingerprint density at radius 2 is 1.88 bits per heavy atom. The number of hydrogen-bond acceptors (Lipinski definition) is 4.